The van der Waals surface area contributed by atoms with Crippen LogP contribution < -0.4 is 5.32 Å². The Labute approximate surface area is 114 Å². The van der Waals surface area contributed by atoms with E-state index in [1.54, 1.807) is 12.3 Å². The standard InChI is InChI=1S/C13H15BrFN3/c1-2-5-16-7-9-8-17-18-13(9)11-4-3-10(15)6-12(11)14/h3-4,6,8,16H,2,5,7H2,1H3,(H,17,18). The second-order valence-electron chi connectivity index (χ2n) is 4.07. The zero-order valence-corrected chi connectivity index (χ0v) is 11.7. The monoisotopic (exact) mass is 311 g/mol. The lowest BCUT2D eigenvalue weighted by atomic mass is 10.1. The third-order valence-electron chi connectivity index (χ3n) is 2.66. The highest BCUT2D eigenvalue weighted by Crippen LogP contribution is 2.29. The molecule has 0 fully saturated rings. The van der Waals surface area contributed by atoms with Crippen LogP contribution in [0.3, 0.4) is 0 Å². The molecule has 0 saturated heterocycles. The van der Waals surface area contributed by atoms with E-state index in [2.05, 4.69) is 38.4 Å². The van der Waals surface area contributed by atoms with Crippen LogP contribution in [0.15, 0.2) is 28.9 Å². The van der Waals surface area contributed by atoms with Gasteiger partial charge in [0.05, 0.1) is 11.9 Å². The van der Waals surface area contributed by atoms with Crippen LogP contribution in [0.4, 0.5) is 4.39 Å². The van der Waals surface area contributed by atoms with Crippen LogP contribution in [0.5, 0.6) is 0 Å². The Morgan fingerprint density at radius 3 is 3.00 bits per heavy atom. The van der Waals surface area contributed by atoms with E-state index in [1.165, 1.54) is 12.1 Å². The molecule has 1 aromatic carbocycles. The lowest BCUT2D eigenvalue weighted by molar-refractivity contribution is 0.627. The number of hydrogen-bond acceptors (Lipinski definition) is 2. The summed E-state index contributed by atoms with van der Waals surface area (Å²) in [5, 5.41) is 10.4. The average molecular weight is 312 g/mol. The van der Waals surface area contributed by atoms with Crippen molar-refractivity contribution in [2.24, 2.45) is 0 Å². The van der Waals surface area contributed by atoms with Gasteiger partial charge in [0.1, 0.15) is 5.82 Å². The molecule has 1 heterocycles. The number of H-pyrrole nitrogens is 1. The number of benzene rings is 1. The van der Waals surface area contributed by atoms with E-state index < -0.39 is 0 Å². The molecular formula is C13H15BrFN3. The summed E-state index contributed by atoms with van der Waals surface area (Å²) < 4.78 is 13.8. The molecule has 0 amide bonds. The Kier molecular flexibility index (Phi) is 4.49. The van der Waals surface area contributed by atoms with Crippen molar-refractivity contribution >= 4 is 15.9 Å². The summed E-state index contributed by atoms with van der Waals surface area (Å²) >= 11 is 3.38. The summed E-state index contributed by atoms with van der Waals surface area (Å²) in [7, 11) is 0. The highest BCUT2D eigenvalue weighted by Gasteiger charge is 2.11. The molecule has 5 heteroatoms. The van der Waals surface area contributed by atoms with E-state index in [-0.39, 0.29) is 5.82 Å². The molecule has 2 N–H and O–H groups in total. The fourth-order valence-electron chi connectivity index (χ4n) is 1.77. The summed E-state index contributed by atoms with van der Waals surface area (Å²) in [6.07, 6.45) is 2.89. The molecule has 0 atom stereocenters. The molecule has 2 aromatic rings. The van der Waals surface area contributed by atoms with Gasteiger partial charge >= 0.3 is 0 Å². The Bertz CT molecular complexity index is 525. The minimum Gasteiger partial charge on any atom is -0.313 e. The van der Waals surface area contributed by atoms with Gasteiger partial charge in [-0.05, 0) is 47.1 Å². The summed E-state index contributed by atoms with van der Waals surface area (Å²) in [5.41, 5.74) is 2.92. The van der Waals surface area contributed by atoms with Gasteiger partial charge in [0, 0.05) is 22.1 Å². The normalized spacial score (nSPS) is 10.8. The molecule has 96 valence electrons. The van der Waals surface area contributed by atoms with Crippen molar-refractivity contribution in [1.29, 1.82) is 0 Å². The summed E-state index contributed by atoms with van der Waals surface area (Å²) in [4.78, 5) is 0. The van der Waals surface area contributed by atoms with Crippen molar-refractivity contribution < 1.29 is 4.39 Å². The molecule has 0 unspecified atom stereocenters. The number of aromatic amines is 1. The third-order valence-corrected chi connectivity index (χ3v) is 3.32. The van der Waals surface area contributed by atoms with Crippen LogP contribution in [0.25, 0.3) is 11.3 Å². The van der Waals surface area contributed by atoms with Crippen LogP contribution in [-0.2, 0) is 6.54 Å². The third kappa shape index (κ3) is 2.97. The van der Waals surface area contributed by atoms with Crippen LogP contribution >= 0.6 is 15.9 Å². The first-order chi connectivity index (χ1) is 8.72. The Morgan fingerprint density at radius 1 is 1.44 bits per heavy atom. The predicted octanol–water partition coefficient (Wildman–Crippen LogP) is 3.48. The lowest BCUT2D eigenvalue weighted by Crippen LogP contribution is -2.13. The minimum absolute atomic E-state index is 0.254. The first kappa shape index (κ1) is 13.2. The Hall–Kier alpha value is -1.20. The van der Waals surface area contributed by atoms with Crippen molar-refractivity contribution in [1.82, 2.24) is 15.5 Å². The molecular weight excluding hydrogens is 297 g/mol. The average Bonchev–Trinajstić information content (AvgIpc) is 2.78. The second-order valence-corrected chi connectivity index (χ2v) is 4.93. The fraction of sp³-hybridized carbons (Fsp3) is 0.308. The zero-order valence-electron chi connectivity index (χ0n) is 10.1. The van der Waals surface area contributed by atoms with Gasteiger partial charge in [0.15, 0.2) is 0 Å². The fourth-order valence-corrected chi connectivity index (χ4v) is 2.32. The lowest BCUT2D eigenvalue weighted by Gasteiger charge is -2.06. The number of rotatable bonds is 5. The van der Waals surface area contributed by atoms with E-state index in [9.17, 15) is 4.39 Å². The maximum Gasteiger partial charge on any atom is 0.124 e. The summed E-state index contributed by atoms with van der Waals surface area (Å²) in [6.45, 7) is 3.85. The van der Waals surface area contributed by atoms with Gasteiger partial charge in [-0.25, -0.2) is 4.39 Å². The first-order valence-electron chi connectivity index (χ1n) is 5.90. The second kappa shape index (κ2) is 6.11. The van der Waals surface area contributed by atoms with Crippen molar-refractivity contribution in [3.63, 3.8) is 0 Å². The molecule has 0 radical (unpaired) electrons. The molecule has 18 heavy (non-hydrogen) atoms. The Balaban J connectivity index is 2.25. The predicted molar refractivity (Wildman–Crippen MR) is 73.7 cm³/mol. The smallest absolute Gasteiger partial charge is 0.124 e. The van der Waals surface area contributed by atoms with E-state index in [0.717, 1.165) is 40.8 Å². The quantitative estimate of drug-likeness (QED) is 0.830. The van der Waals surface area contributed by atoms with Gasteiger partial charge in [-0.1, -0.05) is 6.92 Å². The van der Waals surface area contributed by atoms with Gasteiger partial charge in [-0.2, -0.15) is 5.10 Å². The maximum atomic E-state index is 13.1. The minimum atomic E-state index is -0.254. The molecule has 2 rings (SSSR count). The molecule has 0 bridgehead atoms. The van der Waals surface area contributed by atoms with E-state index in [1.807, 2.05) is 0 Å². The molecule has 0 saturated carbocycles. The van der Waals surface area contributed by atoms with E-state index in [0.29, 0.717) is 0 Å². The maximum absolute atomic E-state index is 13.1. The van der Waals surface area contributed by atoms with Gasteiger partial charge in [-0.15, -0.1) is 0 Å². The Morgan fingerprint density at radius 2 is 2.28 bits per heavy atom. The molecule has 0 aliphatic carbocycles. The number of halogens is 2. The molecule has 1 aromatic heterocycles. The zero-order chi connectivity index (χ0) is 13.0. The van der Waals surface area contributed by atoms with Crippen LogP contribution in [-0.4, -0.2) is 16.7 Å². The highest BCUT2D eigenvalue weighted by atomic mass is 79.9. The topological polar surface area (TPSA) is 40.7 Å². The largest absolute Gasteiger partial charge is 0.313 e. The molecule has 0 spiro atoms. The number of nitrogens with zero attached hydrogens (tertiary/aromatic N) is 1. The van der Waals surface area contributed by atoms with E-state index in [4.69, 9.17) is 0 Å². The van der Waals surface area contributed by atoms with Crippen molar-refractivity contribution in [2.75, 3.05) is 6.54 Å². The van der Waals surface area contributed by atoms with Crippen LogP contribution in [0.2, 0.25) is 0 Å². The number of hydrogen-bond donors (Lipinski definition) is 2. The SMILES string of the molecule is CCCNCc1cn[nH]c1-c1ccc(F)cc1Br. The number of aromatic nitrogens is 2. The van der Waals surface area contributed by atoms with Gasteiger partial charge < -0.3 is 5.32 Å². The van der Waals surface area contributed by atoms with Crippen LogP contribution in [0.1, 0.15) is 18.9 Å². The van der Waals surface area contributed by atoms with Crippen molar-refractivity contribution in [2.45, 2.75) is 19.9 Å². The molecule has 3 nitrogen and oxygen atoms in total. The number of nitrogens with one attached hydrogen (secondary N) is 2. The van der Waals surface area contributed by atoms with Gasteiger partial charge in [0.25, 0.3) is 0 Å². The summed E-state index contributed by atoms with van der Waals surface area (Å²) in [5.74, 6) is -0.254. The molecule has 0 aliphatic heterocycles. The summed E-state index contributed by atoms with van der Waals surface area (Å²) in [6, 6.07) is 4.65. The van der Waals surface area contributed by atoms with Gasteiger partial charge in [0.2, 0.25) is 0 Å². The first-order valence-corrected chi connectivity index (χ1v) is 6.70. The van der Waals surface area contributed by atoms with Gasteiger partial charge in [-0.3, -0.25) is 5.10 Å². The van der Waals surface area contributed by atoms with Crippen LogP contribution in [0, 0.1) is 5.82 Å². The molecule has 0 aliphatic rings. The van der Waals surface area contributed by atoms with E-state index >= 15 is 0 Å². The van der Waals surface area contributed by atoms with Crippen molar-refractivity contribution in [3.05, 3.63) is 40.2 Å². The highest BCUT2D eigenvalue weighted by molar-refractivity contribution is 9.10. The van der Waals surface area contributed by atoms with Crippen molar-refractivity contribution in [3.8, 4) is 11.3 Å².